The van der Waals surface area contributed by atoms with Gasteiger partial charge in [0, 0.05) is 27.7 Å². The van der Waals surface area contributed by atoms with Gasteiger partial charge in [0.25, 0.3) is 0 Å². The Hall–Kier alpha value is -2.29. The molecule has 3 rings (SSSR count). The van der Waals surface area contributed by atoms with Crippen molar-refractivity contribution in [1.29, 1.82) is 0 Å². The number of para-hydroxylation sites is 1. The third-order valence-corrected chi connectivity index (χ3v) is 3.43. The quantitative estimate of drug-likeness (QED) is 0.489. The number of carbonyl (C=O) groups excluding carboxylic acids is 1. The summed E-state index contributed by atoms with van der Waals surface area (Å²) in [5.74, 6) is 0.0412. The second-order valence-electron chi connectivity index (χ2n) is 4.79. The summed E-state index contributed by atoms with van der Waals surface area (Å²) >= 11 is 0. The van der Waals surface area contributed by atoms with Crippen molar-refractivity contribution in [3.63, 3.8) is 0 Å². The topological polar surface area (TPSA) is 42.9 Å². The highest BCUT2D eigenvalue weighted by Crippen LogP contribution is 2.26. The number of aromatic nitrogens is 2. The summed E-state index contributed by atoms with van der Waals surface area (Å²) < 4.78 is 0. The molecule has 1 aromatic carbocycles. The molecule has 3 heteroatoms. The number of carbonyl (C=O) groups is 1. The highest BCUT2D eigenvalue weighted by molar-refractivity contribution is 6.07. The van der Waals surface area contributed by atoms with Crippen molar-refractivity contribution in [3.8, 4) is 0 Å². The first-order chi connectivity index (χ1) is 9.08. The normalized spacial score (nSPS) is 11.1. The number of rotatable bonds is 1. The van der Waals surface area contributed by atoms with Crippen molar-refractivity contribution < 1.29 is 4.79 Å². The third-order valence-electron chi connectivity index (χ3n) is 3.43. The van der Waals surface area contributed by atoms with E-state index in [1.165, 1.54) is 0 Å². The standard InChI is InChI=1S/C16H14N2O/c1-9-13(11(3)19)8-14-10(2)17-15-7-5-4-6-12(15)16(14)18-9/h4-8H,1-3H3. The van der Waals surface area contributed by atoms with Gasteiger partial charge in [-0.2, -0.15) is 0 Å². The van der Waals surface area contributed by atoms with Crippen LogP contribution in [0.4, 0.5) is 0 Å². The Balaban J connectivity index is 2.52. The molecule has 3 aromatic rings. The minimum absolute atomic E-state index is 0.0412. The Kier molecular flexibility index (Phi) is 2.56. The first-order valence-electron chi connectivity index (χ1n) is 6.25. The van der Waals surface area contributed by atoms with E-state index in [-0.39, 0.29) is 5.78 Å². The van der Waals surface area contributed by atoms with Gasteiger partial charge in [0.15, 0.2) is 5.78 Å². The minimum atomic E-state index is 0.0412. The van der Waals surface area contributed by atoms with Crippen molar-refractivity contribution >= 4 is 27.6 Å². The van der Waals surface area contributed by atoms with Gasteiger partial charge < -0.3 is 0 Å². The molecule has 0 radical (unpaired) electrons. The van der Waals surface area contributed by atoms with E-state index in [0.29, 0.717) is 5.56 Å². The fourth-order valence-electron chi connectivity index (χ4n) is 2.46. The molecule has 0 fully saturated rings. The van der Waals surface area contributed by atoms with Crippen LogP contribution >= 0.6 is 0 Å². The average molecular weight is 250 g/mol. The van der Waals surface area contributed by atoms with Gasteiger partial charge in [-0.05, 0) is 32.9 Å². The van der Waals surface area contributed by atoms with Gasteiger partial charge in [-0.15, -0.1) is 0 Å². The first kappa shape index (κ1) is 11.8. The largest absolute Gasteiger partial charge is 0.294 e. The zero-order chi connectivity index (χ0) is 13.6. The molecule has 0 unspecified atom stereocenters. The van der Waals surface area contributed by atoms with E-state index in [1.807, 2.05) is 44.2 Å². The smallest absolute Gasteiger partial charge is 0.161 e. The van der Waals surface area contributed by atoms with E-state index in [2.05, 4.69) is 9.97 Å². The number of aryl methyl sites for hydroxylation is 2. The molecule has 0 bridgehead atoms. The SMILES string of the molecule is CC(=O)c1cc2c(C)nc3ccccc3c2nc1C. The van der Waals surface area contributed by atoms with E-state index in [4.69, 9.17) is 0 Å². The van der Waals surface area contributed by atoms with Gasteiger partial charge in [-0.25, -0.2) is 0 Å². The van der Waals surface area contributed by atoms with Crippen molar-refractivity contribution in [2.75, 3.05) is 0 Å². The van der Waals surface area contributed by atoms with Crippen LogP contribution in [0.15, 0.2) is 30.3 Å². The molecule has 0 saturated heterocycles. The molecular formula is C16H14N2O. The van der Waals surface area contributed by atoms with Crippen LogP contribution < -0.4 is 0 Å². The molecular weight excluding hydrogens is 236 g/mol. The van der Waals surface area contributed by atoms with E-state index in [1.54, 1.807) is 6.92 Å². The fourth-order valence-corrected chi connectivity index (χ4v) is 2.46. The summed E-state index contributed by atoms with van der Waals surface area (Å²) in [5.41, 5.74) is 4.22. The number of fused-ring (bicyclic) bond motifs is 3. The third kappa shape index (κ3) is 1.78. The van der Waals surface area contributed by atoms with Gasteiger partial charge >= 0.3 is 0 Å². The van der Waals surface area contributed by atoms with Crippen LogP contribution in [0.5, 0.6) is 0 Å². The molecule has 0 aliphatic heterocycles. The van der Waals surface area contributed by atoms with E-state index in [9.17, 15) is 4.79 Å². The van der Waals surface area contributed by atoms with Gasteiger partial charge in [-0.1, -0.05) is 18.2 Å². The molecule has 0 atom stereocenters. The molecule has 0 saturated carbocycles. The predicted octanol–water partition coefficient (Wildman–Crippen LogP) is 3.60. The Morgan fingerprint density at radius 2 is 1.74 bits per heavy atom. The number of pyridine rings is 2. The molecule has 0 amide bonds. The predicted molar refractivity (Wildman–Crippen MR) is 76.5 cm³/mol. The average Bonchev–Trinajstić information content (AvgIpc) is 2.38. The van der Waals surface area contributed by atoms with Gasteiger partial charge in [-0.3, -0.25) is 14.8 Å². The zero-order valence-corrected chi connectivity index (χ0v) is 11.2. The molecule has 94 valence electrons. The lowest BCUT2D eigenvalue weighted by Gasteiger charge is -2.09. The van der Waals surface area contributed by atoms with Crippen LogP contribution in [-0.4, -0.2) is 15.8 Å². The molecule has 2 aromatic heterocycles. The maximum Gasteiger partial charge on any atom is 0.161 e. The number of hydrogen-bond acceptors (Lipinski definition) is 3. The Bertz CT molecular complexity index is 822. The molecule has 2 heterocycles. The first-order valence-corrected chi connectivity index (χ1v) is 6.25. The lowest BCUT2D eigenvalue weighted by Crippen LogP contribution is -2.01. The Morgan fingerprint density at radius 3 is 2.47 bits per heavy atom. The van der Waals surface area contributed by atoms with Crippen LogP contribution in [0.25, 0.3) is 21.8 Å². The lowest BCUT2D eigenvalue weighted by molar-refractivity contribution is 0.101. The second kappa shape index (κ2) is 4.12. The Morgan fingerprint density at radius 1 is 1.00 bits per heavy atom. The van der Waals surface area contributed by atoms with Crippen LogP contribution in [0, 0.1) is 13.8 Å². The van der Waals surface area contributed by atoms with E-state index < -0.39 is 0 Å². The maximum atomic E-state index is 11.6. The molecule has 0 N–H and O–H groups in total. The lowest BCUT2D eigenvalue weighted by atomic mass is 10.0. The van der Waals surface area contributed by atoms with Crippen molar-refractivity contribution in [1.82, 2.24) is 9.97 Å². The molecule has 0 aliphatic carbocycles. The maximum absolute atomic E-state index is 11.6. The summed E-state index contributed by atoms with van der Waals surface area (Å²) in [4.78, 5) is 20.8. The zero-order valence-electron chi connectivity index (χ0n) is 11.2. The number of hydrogen-bond donors (Lipinski definition) is 0. The van der Waals surface area contributed by atoms with Gasteiger partial charge in [0.05, 0.1) is 11.0 Å². The van der Waals surface area contributed by atoms with Gasteiger partial charge in [0.1, 0.15) is 0 Å². The number of Topliss-reactive ketones (excluding diaryl/α,β-unsaturated/α-hetero) is 1. The Labute approximate surface area is 111 Å². The highest BCUT2D eigenvalue weighted by atomic mass is 16.1. The van der Waals surface area contributed by atoms with Crippen molar-refractivity contribution in [2.45, 2.75) is 20.8 Å². The summed E-state index contributed by atoms with van der Waals surface area (Å²) in [6.07, 6.45) is 0. The van der Waals surface area contributed by atoms with Gasteiger partial charge in [0.2, 0.25) is 0 Å². The molecule has 19 heavy (non-hydrogen) atoms. The molecule has 3 nitrogen and oxygen atoms in total. The highest BCUT2D eigenvalue weighted by Gasteiger charge is 2.12. The van der Waals surface area contributed by atoms with Crippen LogP contribution in [0.3, 0.4) is 0 Å². The number of nitrogens with zero attached hydrogens (tertiary/aromatic N) is 2. The number of benzene rings is 1. The number of ketones is 1. The van der Waals surface area contributed by atoms with Crippen molar-refractivity contribution in [2.24, 2.45) is 0 Å². The van der Waals surface area contributed by atoms with Crippen LogP contribution in [-0.2, 0) is 0 Å². The molecule has 0 spiro atoms. The van der Waals surface area contributed by atoms with Crippen LogP contribution in [0.1, 0.15) is 28.7 Å². The summed E-state index contributed by atoms with van der Waals surface area (Å²) in [6.45, 7) is 5.40. The van der Waals surface area contributed by atoms with Crippen LogP contribution in [0.2, 0.25) is 0 Å². The van der Waals surface area contributed by atoms with E-state index >= 15 is 0 Å². The summed E-state index contributed by atoms with van der Waals surface area (Å²) in [5, 5.41) is 1.98. The minimum Gasteiger partial charge on any atom is -0.294 e. The second-order valence-corrected chi connectivity index (χ2v) is 4.79. The summed E-state index contributed by atoms with van der Waals surface area (Å²) in [7, 11) is 0. The molecule has 0 aliphatic rings. The summed E-state index contributed by atoms with van der Waals surface area (Å²) in [6, 6.07) is 9.86. The van der Waals surface area contributed by atoms with E-state index in [0.717, 1.165) is 33.2 Å². The van der Waals surface area contributed by atoms with Crippen molar-refractivity contribution in [3.05, 3.63) is 47.3 Å². The monoisotopic (exact) mass is 250 g/mol. The fraction of sp³-hybridized carbons (Fsp3) is 0.188.